The van der Waals surface area contributed by atoms with Gasteiger partial charge in [-0.3, -0.25) is 4.79 Å². The lowest BCUT2D eigenvalue weighted by Crippen LogP contribution is -2.16. The molecule has 7 heteroatoms. The molecule has 2 aromatic carbocycles. The van der Waals surface area contributed by atoms with Gasteiger partial charge in [-0.25, -0.2) is 4.98 Å². The highest BCUT2D eigenvalue weighted by molar-refractivity contribution is 5.91. The van der Waals surface area contributed by atoms with Crippen molar-refractivity contribution in [2.45, 2.75) is 47.5 Å². The molecule has 0 saturated carbocycles. The van der Waals surface area contributed by atoms with Crippen molar-refractivity contribution < 1.29 is 14.3 Å². The topological polar surface area (TPSA) is 78.3 Å². The van der Waals surface area contributed by atoms with E-state index >= 15 is 0 Å². The average molecular weight is 473 g/mol. The molecular formula is C28H32N4O3. The van der Waals surface area contributed by atoms with Crippen LogP contribution in [0, 0.1) is 27.7 Å². The average Bonchev–Trinajstić information content (AvgIpc) is 3.18. The number of nitrogens with zero attached hydrogens (tertiary/aromatic N) is 3. The number of fused-ring (bicyclic) bond motifs is 1. The number of methoxy groups -OCH3 is 1. The van der Waals surface area contributed by atoms with Gasteiger partial charge in [-0.1, -0.05) is 17.7 Å². The van der Waals surface area contributed by atoms with Crippen molar-refractivity contribution in [3.8, 4) is 17.3 Å². The van der Waals surface area contributed by atoms with Gasteiger partial charge in [0.1, 0.15) is 5.82 Å². The molecule has 7 nitrogen and oxygen atoms in total. The van der Waals surface area contributed by atoms with Gasteiger partial charge in [0.2, 0.25) is 5.91 Å². The van der Waals surface area contributed by atoms with E-state index in [1.165, 1.54) is 5.56 Å². The van der Waals surface area contributed by atoms with Crippen molar-refractivity contribution in [3.05, 3.63) is 70.4 Å². The van der Waals surface area contributed by atoms with E-state index in [0.717, 1.165) is 33.3 Å². The molecule has 0 radical (unpaired) electrons. The minimum absolute atomic E-state index is 0.0941. The fourth-order valence-corrected chi connectivity index (χ4v) is 4.30. The summed E-state index contributed by atoms with van der Waals surface area (Å²) >= 11 is 0. The first-order chi connectivity index (χ1) is 16.8. The molecule has 0 bridgehead atoms. The summed E-state index contributed by atoms with van der Waals surface area (Å²) in [6.45, 7) is 10.6. The zero-order valence-corrected chi connectivity index (χ0v) is 21.2. The van der Waals surface area contributed by atoms with E-state index in [-0.39, 0.29) is 5.91 Å². The van der Waals surface area contributed by atoms with Gasteiger partial charge in [-0.05, 0) is 82.0 Å². The molecule has 0 fully saturated rings. The van der Waals surface area contributed by atoms with Crippen molar-refractivity contribution in [2.24, 2.45) is 0 Å². The Morgan fingerprint density at radius 1 is 1.00 bits per heavy atom. The molecule has 182 valence electrons. The minimum Gasteiger partial charge on any atom is -0.493 e. The predicted molar refractivity (Wildman–Crippen MR) is 139 cm³/mol. The van der Waals surface area contributed by atoms with Gasteiger partial charge in [-0.2, -0.15) is 9.78 Å². The molecule has 0 saturated heterocycles. The summed E-state index contributed by atoms with van der Waals surface area (Å²) in [5.41, 5.74) is 6.19. The van der Waals surface area contributed by atoms with Crippen LogP contribution in [-0.2, 0) is 11.2 Å². The number of amides is 1. The molecule has 0 aliphatic rings. The summed E-state index contributed by atoms with van der Waals surface area (Å²) in [4.78, 5) is 17.7. The van der Waals surface area contributed by atoms with Crippen LogP contribution in [0.15, 0.2) is 42.5 Å². The Kier molecular flexibility index (Phi) is 7.05. The zero-order chi connectivity index (χ0) is 25.1. The Morgan fingerprint density at radius 2 is 1.80 bits per heavy atom. The number of rotatable bonds is 8. The van der Waals surface area contributed by atoms with E-state index in [1.807, 2.05) is 44.2 Å². The number of carbonyl (C=O) groups is 1. The molecule has 0 aliphatic carbocycles. The molecule has 0 aliphatic heterocycles. The maximum atomic E-state index is 12.8. The number of carbonyl (C=O) groups excluding carboxylic acids is 1. The monoisotopic (exact) mass is 472 g/mol. The van der Waals surface area contributed by atoms with Gasteiger partial charge in [0.05, 0.1) is 24.9 Å². The lowest BCUT2D eigenvalue weighted by Gasteiger charge is -2.13. The van der Waals surface area contributed by atoms with E-state index in [0.29, 0.717) is 42.6 Å². The first kappa shape index (κ1) is 24.3. The van der Waals surface area contributed by atoms with Crippen LogP contribution in [0.1, 0.15) is 41.3 Å². The van der Waals surface area contributed by atoms with Gasteiger partial charge in [0.15, 0.2) is 17.3 Å². The largest absolute Gasteiger partial charge is 0.493 e. The number of nitrogens with one attached hydrogen (secondary N) is 1. The second-order valence-electron chi connectivity index (χ2n) is 8.82. The molecule has 35 heavy (non-hydrogen) atoms. The van der Waals surface area contributed by atoms with Crippen LogP contribution < -0.4 is 14.8 Å². The highest BCUT2D eigenvalue weighted by Gasteiger charge is 2.15. The Bertz CT molecular complexity index is 1390. The summed E-state index contributed by atoms with van der Waals surface area (Å²) in [6, 6.07) is 13.9. The van der Waals surface area contributed by atoms with Crippen LogP contribution >= 0.6 is 0 Å². The van der Waals surface area contributed by atoms with Crippen molar-refractivity contribution in [1.82, 2.24) is 14.8 Å². The number of aryl methyl sites for hydroxylation is 5. The molecule has 2 aromatic heterocycles. The molecule has 0 unspecified atom stereocenters. The van der Waals surface area contributed by atoms with Gasteiger partial charge < -0.3 is 14.8 Å². The Hall–Kier alpha value is -3.87. The number of hydrogen-bond acceptors (Lipinski definition) is 5. The molecule has 2 heterocycles. The summed E-state index contributed by atoms with van der Waals surface area (Å²) in [6.07, 6.45) is 0.900. The number of hydrogen-bond donors (Lipinski definition) is 1. The smallest absolute Gasteiger partial charge is 0.225 e. The Morgan fingerprint density at radius 3 is 2.54 bits per heavy atom. The molecule has 0 atom stereocenters. The van der Waals surface area contributed by atoms with Crippen molar-refractivity contribution in [2.75, 3.05) is 19.0 Å². The maximum Gasteiger partial charge on any atom is 0.225 e. The van der Waals surface area contributed by atoms with Crippen LogP contribution in [-0.4, -0.2) is 34.4 Å². The third kappa shape index (κ3) is 5.29. The fraction of sp³-hybridized carbons (Fsp3) is 0.321. The normalized spacial score (nSPS) is 11.0. The number of benzene rings is 2. The number of aromatic nitrogens is 3. The van der Waals surface area contributed by atoms with Crippen LogP contribution in [0.2, 0.25) is 0 Å². The van der Waals surface area contributed by atoms with Gasteiger partial charge in [-0.15, -0.1) is 0 Å². The van der Waals surface area contributed by atoms with Crippen molar-refractivity contribution in [1.29, 1.82) is 0 Å². The van der Waals surface area contributed by atoms with Crippen LogP contribution in [0.4, 0.5) is 5.82 Å². The molecular weight excluding hydrogens is 440 g/mol. The predicted octanol–water partition coefficient (Wildman–Crippen LogP) is 5.63. The SMILES string of the molecule is CCOc1ccc(CCC(=O)Nc2cc(C)nn2-c2cc(C)c3cc(C)cc(C)c3n2)cc1OC. The van der Waals surface area contributed by atoms with E-state index in [2.05, 4.69) is 43.3 Å². The quantitative estimate of drug-likeness (QED) is 0.359. The molecule has 1 amide bonds. The van der Waals surface area contributed by atoms with E-state index in [9.17, 15) is 4.79 Å². The van der Waals surface area contributed by atoms with Crippen molar-refractivity contribution in [3.63, 3.8) is 0 Å². The van der Waals surface area contributed by atoms with Crippen LogP contribution in [0.25, 0.3) is 16.7 Å². The van der Waals surface area contributed by atoms with Gasteiger partial charge in [0, 0.05) is 17.9 Å². The first-order valence-electron chi connectivity index (χ1n) is 11.8. The number of ether oxygens (including phenoxy) is 2. The second-order valence-corrected chi connectivity index (χ2v) is 8.82. The van der Waals surface area contributed by atoms with E-state index in [4.69, 9.17) is 14.5 Å². The Balaban J connectivity index is 1.54. The summed E-state index contributed by atoms with van der Waals surface area (Å²) in [5.74, 6) is 2.56. The summed E-state index contributed by atoms with van der Waals surface area (Å²) < 4.78 is 12.7. The zero-order valence-electron chi connectivity index (χ0n) is 21.2. The maximum absolute atomic E-state index is 12.8. The van der Waals surface area contributed by atoms with Gasteiger partial charge >= 0.3 is 0 Å². The molecule has 4 rings (SSSR count). The third-order valence-corrected chi connectivity index (χ3v) is 5.93. The lowest BCUT2D eigenvalue weighted by atomic mass is 10.0. The van der Waals surface area contributed by atoms with E-state index < -0.39 is 0 Å². The van der Waals surface area contributed by atoms with Crippen molar-refractivity contribution >= 4 is 22.6 Å². The second kappa shape index (κ2) is 10.2. The molecule has 1 N–H and O–H groups in total. The fourth-order valence-electron chi connectivity index (χ4n) is 4.30. The number of anilines is 1. The number of pyridine rings is 1. The van der Waals surface area contributed by atoms with Gasteiger partial charge in [0.25, 0.3) is 0 Å². The third-order valence-electron chi connectivity index (χ3n) is 5.93. The summed E-state index contributed by atoms with van der Waals surface area (Å²) in [7, 11) is 1.61. The minimum atomic E-state index is -0.0941. The highest BCUT2D eigenvalue weighted by Crippen LogP contribution is 2.29. The Labute approximate surface area is 206 Å². The summed E-state index contributed by atoms with van der Waals surface area (Å²) in [5, 5.41) is 8.75. The molecule has 4 aromatic rings. The molecule has 0 spiro atoms. The van der Waals surface area contributed by atoms with Crippen LogP contribution in [0.5, 0.6) is 11.5 Å². The van der Waals surface area contributed by atoms with Crippen LogP contribution in [0.3, 0.4) is 0 Å². The standard InChI is InChI=1S/C28H32N4O3/c1-7-35-23-10-8-21(16-24(23)34-6)9-11-27(33)29-26-15-20(5)31-32(26)25-14-18(3)22-13-17(2)12-19(4)28(22)30-25/h8,10,12-16H,7,9,11H2,1-6H3,(H,29,33). The first-order valence-corrected chi connectivity index (χ1v) is 11.8. The lowest BCUT2D eigenvalue weighted by molar-refractivity contribution is -0.116. The van der Waals surface area contributed by atoms with E-state index in [1.54, 1.807) is 11.8 Å². The highest BCUT2D eigenvalue weighted by atomic mass is 16.5.